The molecule has 18 heavy (non-hydrogen) atoms. The van der Waals surface area contributed by atoms with Gasteiger partial charge in [-0.2, -0.15) is 4.31 Å². The molecule has 0 fully saturated rings. The number of sulfonamides is 1. The summed E-state index contributed by atoms with van der Waals surface area (Å²) < 4.78 is 25.8. The van der Waals surface area contributed by atoms with Gasteiger partial charge < -0.3 is 5.73 Å². The van der Waals surface area contributed by atoms with Crippen LogP contribution in [0.3, 0.4) is 0 Å². The first-order valence-electron chi connectivity index (χ1n) is 6.07. The molecule has 5 nitrogen and oxygen atoms in total. The summed E-state index contributed by atoms with van der Waals surface area (Å²) in [5, 5.41) is 0. The highest BCUT2D eigenvalue weighted by molar-refractivity contribution is 7.89. The molecule has 0 atom stereocenters. The van der Waals surface area contributed by atoms with E-state index in [1.165, 1.54) is 4.31 Å². The van der Waals surface area contributed by atoms with E-state index in [-0.39, 0.29) is 11.8 Å². The van der Waals surface area contributed by atoms with E-state index >= 15 is 0 Å². The topological polar surface area (TPSA) is 76.3 Å². The molecule has 6 heteroatoms. The summed E-state index contributed by atoms with van der Waals surface area (Å²) in [7, 11) is -3.27. The molecule has 0 saturated heterocycles. The Morgan fingerprint density at radius 3 is 2.61 bits per heavy atom. The van der Waals surface area contributed by atoms with E-state index in [2.05, 4.69) is 4.98 Å². The Morgan fingerprint density at radius 2 is 2.11 bits per heavy atom. The first-order valence-corrected chi connectivity index (χ1v) is 7.68. The zero-order chi connectivity index (χ0) is 13.6. The number of nitrogens with two attached hydrogens (primary N) is 1. The van der Waals surface area contributed by atoms with Crippen LogP contribution in [-0.2, 0) is 16.4 Å². The molecule has 0 aliphatic rings. The van der Waals surface area contributed by atoms with E-state index in [1.54, 1.807) is 6.20 Å². The predicted octanol–water partition coefficient (Wildman–Crippen LogP) is 0.623. The molecule has 0 bridgehead atoms. The lowest BCUT2D eigenvalue weighted by atomic mass is 10.3. The normalized spacial score (nSPS) is 12.3. The molecule has 1 heterocycles. The fourth-order valence-electron chi connectivity index (χ4n) is 1.74. The minimum atomic E-state index is -3.27. The van der Waals surface area contributed by atoms with Gasteiger partial charge in [-0.1, -0.05) is 6.07 Å². The number of hydrogen-bond donors (Lipinski definition) is 1. The Bertz CT molecular complexity index is 446. The summed E-state index contributed by atoms with van der Waals surface area (Å²) in [6.45, 7) is 4.41. The average molecular weight is 271 g/mol. The van der Waals surface area contributed by atoms with Gasteiger partial charge in [0.25, 0.3) is 0 Å². The summed E-state index contributed by atoms with van der Waals surface area (Å²) in [6, 6.07) is 5.43. The SMILES string of the molecule is CC(C)N(CCN)S(=O)(=O)CCc1ccccn1. The highest BCUT2D eigenvalue weighted by atomic mass is 32.2. The number of nitrogens with zero attached hydrogens (tertiary/aromatic N) is 2. The van der Waals surface area contributed by atoms with Gasteiger partial charge in [0.1, 0.15) is 0 Å². The average Bonchev–Trinajstić information content (AvgIpc) is 2.34. The smallest absolute Gasteiger partial charge is 0.214 e. The Labute approximate surface area is 109 Å². The summed E-state index contributed by atoms with van der Waals surface area (Å²) in [5.74, 6) is 0.0716. The highest BCUT2D eigenvalue weighted by Crippen LogP contribution is 2.09. The van der Waals surface area contributed by atoms with Crippen molar-refractivity contribution in [2.24, 2.45) is 5.73 Å². The predicted molar refractivity (Wildman–Crippen MR) is 72.6 cm³/mol. The second kappa shape index (κ2) is 6.82. The Balaban J connectivity index is 2.68. The van der Waals surface area contributed by atoms with Gasteiger partial charge in [0.2, 0.25) is 10.0 Å². The lowest BCUT2D eigenvalue weighted by Gasteiger charge is -2.25. The molecule has 0 aliphatic heterocycles. The van der Waals surface area contributed by atoms with Crippen molar-refractivity contribution in [3.8, 4) is 0 Å². The first kappa shape index (κ1) is 15.1. The van der Waals surface area contributed by atoms with E-state index < -0.39 is 10.0 Å². The van der Waals surface area contributed by atoms with Crippen LogP contribution < -0.4 is 5.73 Å². The third-order valence-electron chi connectivity index (χ3n) is 2.63. The Morgan fingerprint density at radius 1 is 1.39 bits per heavy atom. The molecule has 0 radical (unpaired) electrons. The molecule has 1 aromatic heterocycles. The fourth-order valence-corrected chi connectivity index (χ4v) is 3.47. The van der Waals surface area contributed by atoms with Gasteiger partial charge in [0.15, 0.2) is 0 Å². The number of pyridine rings is 1. The molecular weight excluding hydrogens is 250 g/mol. The molecule has 0 unspecified atom stereocenters. The maximum atomic E-state index is 12.2. The van der Waals surface area contributed by atoms with Crippen LogP contribution in [0.4, 0.5) is 0 Å². The summed E-state index contributed by atoms with van der Waals surface area (Å²) in [6.07, 6.45) is 2.10. The Hall–Kier alpha value is -0.980. The van der Waals surface area contributed by atoms with Gasteiger partial charge in [-0.25, -0.2) is 8.42 Å². The van der Waals surface area contributed by atoms with Crippen molar-refractivity contribution in [1.82, 2.24) is 9.29 Å². The molecule has 1 rings (SSSR count). The minimum Gasteiger partial charge on any atom is -0.329 e. The van der Waals surface area contributed by atoms with Crippen LogP contribution in [0, 0.1) is 0 Å². The number of hydrogen-bond acceptors (Lipinski definition) is 4. The molecule has 102 valence electrons. The largest absolute Gasteiger partial charge is 0.329 e. The molecule has 0 aromatic carbocycles. The maximum Gasteiger partial charge on any atom is 0.214 e. The third-order valence-corrected chi connectivity index (χ3v) is 4.66. The second-order valence-electron chi connectivity index (χ2n) is 4.38. The van der Waals surface area contributed by atoms with Crippen LogP contribution in [0.2, 0.25) is 0 Å². The zero-order valence-corrected chi connectivity index (χ0v) is 11.7. The summed E-state index contributed by atoms with van der Waals surface area (Å²) in [4.78, 5) is 4.12. The number of aryl methyl sites for hydroxylation is 1. The third kappa shape index (κ3) is 4.36. The van der Waals surface area contributed by atoms with Crippen molar-refractivity contribution in [2.75, 3.05) is 18.8 Å². The molecule has 0 saturated carbocycles. The van der Waals surface area contributed by atoms with Crippen molar-refractivity contribution < 1.29 is 8.42 Å². The summed E-state index contributed by atoms with van der Waals surface area (Å²) in [5.41, 5.74) is 6.24. The Kier molecular flexibility index (Phi) is 5.71. The van der Waals surface area contributed by atoms with Crippen molar-refractivity contribution >= 4 is 10.0 Å². The van der Waals surface area contributed by atoms with Crippen LogP contribution in [0.15, 0.2) is 24.4 Å². The van der Waals surface area contributed by atoms with Gasteiger partial charge in [-0.15, -0.1) is 0 Å². The lowest BCUT2D eigenvalue weighted by Crippen LogP contribution is -2.41. The van der Waals surface area contributed by atoms with E-state index in [0.717, 1.165) is 5.69 Å². The van der Waals surface area contributed by atoms with Crippen molar-refractivity contribution in [1.29, 1.82) is 0 Å². The first-order chi connectivity index (χ1) is 8.47. The van der Waals surface area contributed by atoms with Crippen LogP contribution >= 0.6 is 0 Å². The molecule has 2 N–H and O–H groups in total. The molecular formula is C12H21N3O2S. The van der Waals surface area contributed by atoms with E-state index in [0.29, 0.717) is 19.5 Å². The number of rotatable bonds is 7. The zero-order valence-electron chi connectivity index (χ0n) is 10.9. The quantitative estimate of drug-likeness (QED) is 0.789. The van der Waals surface area contributed by atoms with Gasteiger partial charge in [0.05, 0.1) is 5.75 Å². The monoisotopic (exact) mass is 271 g/mol. The second-order valence-corrected chi connectivity index (χ2v) is 6.42. The molecule has 0 aliphatic carbocycles. The van der Waals surface area contributed by atoms with Gasteiger partial charge in [-0.3, -0.25) is 4.98 Å². The maximum absolute atomic E-state index is 12.2. The van der Waals surface area contributed by atoms with Gasteiger partial charge >= 0.3 is 0 Å². The standard InChI is InChI=1S/C12H21N3O2S/c1-11(2)15(9-7-13)18(16,17)10-6-12-5-3-4-8-14-12/h3-5,8,11H,6-7,9-10,13H2,1-2H3. The molecule has 0 amide bonds. The van der Waals surface area contributed by atoms with E-state index in [4.69, 9.17) is 5.73 Å². The number of aromatic nitrogens is 1. The minimum absolute atomic E-state index is 0.0673. The molecule has 1 aromatic rings. The van der Waals surface area contributed by atoms with Gasteiger partial charge in [-0.05, 0) is 26.0 Å². The van der Waals surface area contributed by atoms with Crippen molar-refractivity contribution in [3.05, 3.63) is 30.1 Å². The van der Waals surface area contributed by atoms with Crippen LogP contribution in [0.5, 0.6) is 0 Å². The highest BCUT2D eigenvalue weighted by Gasteiger charge is 2.23. The van der Waals surface area contributed by atoms with Crippen LogP contribution in [-0.4, -0.2) is 42.6 Å². The van der Waals surface area contributed by atoms with Crippen molar-refractivity contribution in [2.45, 2.75) is 26.3 Å². The van der Waals surface area contributed by atoms with Crippen LogP contribution in [0.25, 0.3) is 0 Å². The van der Waals surface area contributed by atoms with Crippen molar-refractivity contribution in [3.63, 3.8) is 0 Å². The lowest BCUT2D eigenvalue weighted by molar-refractivity contribution is 0.361. The van der Waals surface area contributed by atoms with E-state index in [9.17, 15) is 8.42 Å². The van der Waals surface area contributed by atoms with Gasteiger partial charge in [0, 0.05) is 37.4 Å². The summed E-state index contributed by atoms with van der Waals surface area (Å²) >= 11 is 0. The molecule has 0 spiro atoms. The van der Waals surface area contributed by atoms with E-state index in [1.807, 2.05) is 32.0 Å². The van der Waals surface area contributed by atoms with Crippen LogP contribution in [0.1, 0.15) is 19.5 Å². The fraction of sp³-hybridized carbons (Fsp3) is 0.583.